The van der Waals surface area contributed by atoms with E-state index in [1.165, 1.54) is 6.20 Å². The van der Waals surface area contributed by atoms with Gasteiger partial charge in [-0.15, -0.1) is 0 Å². The average molecular weight is 615 g/mol. The van der Waals surface area contributed by atoms with Crippen molar-refractivity contribution < 1.29 is 35.9 Å². The minimum absolute atomic E-state index is 0.0421. The third-order valence-electron chi connectivity index (χ3n) is 7.86. The van der Waals surface area contributed by atoms with Crippen LogP contribution in [0.4, 0.5) is 26.3 Å². The van der Waals surface area contributed by atoms with E-state index < -0.39 is 65.7 Å². The maximum Gasteiger partial charge on any atom is 0.293 e. The summed E-state index contributed by atoms with van der Waals surface area (Å²) in [6, 6.07) is 12.5. The Morgan fingerprint density at radius 1 is 1.07 bits per heavy atom. The van der Waals surface area contributed by atoms with Crippen molar-refractivity contribution >= 4 is 5.91 Å². The number of pyridine rings is 1. The molecule has 44 heavy (non-hydrogen) atoms. The summed E-state index contributed by atoms with van der Waals surface area (Å²) in [4.78, 5) is 17.9. The molecule has 1 N–H and O–H groups in total. The number of benzene rings is 2. The second-order valence-electron chi connectivity index (χ2n) is 11.4. The van der Waals surface area contributed by atoms with Gasteiger partial charge in [-0.05, 0) is 74.1 Å². The summed E-state index contributed by atoms with van der Waals surface area (Å²) in [7, 11) is 0. The molecule has 2 aromatic heterocycles. The molecule has 1 fully saturated rings. The van der Waals surface area contributed by atoms with E-state index in [0.717, 1.165) is 12.1 Å². The van der Waals surface area contributed by atoms with Gasteiger partial charge in [0.15, 0.2) is 0 Å². The van der Waals surface area contributed by atoms with E-state index in [4.69, 9.17) is 4.74 Å². The van der Waals surface area contributed by atoms with Crippen LogP contribution in [-0.2, 0) is 23.7 Å². The molecular weight excluding hydrogens is 586 g/mol. The number of amides is 1. The predicted molar refractivity (Wildman–Crippen MR) is 148 cm³/mol. The lowest BCUT2D eigenvalue weighted by Gasteiger charge is -2.22. The first-order valence-electron chi connectivity index (χ1n) is 14.2. The predicted octanol–water partition coefficient (Wildman–Crippen LogP) is 7.26. The summed E-state index contributed by atoms with van der Waals surface area (Å²) in [5, 5.41) is 6.46. The Morgan fingerprint density at radius 3 is 2.43 bits per heavy atom. The third-order valence-corrected chi connectivity index (χ3v) is 7.86. The number of nitrogens with zero attached hydrogens (tertiary/aromatic N) is 3. The molecule has 2 aromatic carbocycles. The molecule has 2 heterocycles. The topological polar surface area (TPSA) is 69.0 Å². The van der Waals surface area contributed by atoms with Crippen LogP contribution in [-0.4, -0.2) is 26.8 Å². The first-order valence-corrected chi connectivity index (χ1v) is 14.2. The summed E-state index contributed by atoms with van der Waals surface area (Å²) in [5.74, 6) is -6.99. The molecule has 1 saturated carbocycles. The van der Waals surface area contributed by atoms with Crippen LogP contribution in [0.3, 0.4) is 0 Å². The maximum absolute atomic E-state index is 15.1. The summed E-state index contributed by atoms with van der Waals surface area (Å²) in [6.07, 6.45) is -1.65. The number of rotatable bonds is 10. The van der Waals surface area contributed by atoms with Crippen LogP contribution < -0.4 is 10.1 Å². The van der Waals surface area contributed by atoms with Gasteiger partial charge in [0.1, 0.15) is 35.3 Å². The molecule has 0 aliphatic heterocycles. The number of carbonyl (C=O) groups is 1. The standard InChI is InChI=1S/C32H28F6N4O2/c1-16(2)44-21-7-5-18(6-8-21)22-4-3-9-39-28(22)25(12-17-10-19(33)13-20(34)11-17)40-26(43)15-42-30-27(29(41-42)31(35)36)23-14-24(23)32(30,37)38/h3-11,13,16,23-25,31H,12,14-15H2,1-2H3,(H,40,43)/t23-,24?,25+/m1/s1. The number of nitrogens with one attached hydrogen (secondary N) is 1. The minimum atomic E-state index is -3.39. The Bertz CT molecular complexity index is 1690. The molecule has 6 nitrogen and oxygen atoms in total. The van der Waals surface area contributed by atoms with E-state index in [9.17, 15) is 22.4 Å². The fraction of sp³-hybridized carbons (Fsp3) is 0.344. The maximum atomic E-state index is 15.1. The largest absolute Gasteiger partial charge is 0.491 e. The van der Waals surface area contributed by atoms with Gasteiger partial charge in [0.05, 0.1) is 17.8 Å². The number of alkyl halides is 4. The Balaban J connectivity index is 1.33. The summed E-state index contributed by atoms with van der Waals surface area (Å²) in [6.45, 7) is 3.03. The fourth-order valence-electron chi connectivity index (χ4n) is 6.06. The molecule has 4 aromatic rings. The number of hydrogen-bond donors (Lipinski definition) is 1. The quantitative estimate of drug-likeness (QED) is 0.191. The van der Waals surface area contributed by atoms with E-state index >= 15 is 8.78 Å². The van der Waals surface area contributed by atoms with Crippen molar-refractivity contribution in [1.82, 2.24) is 20.1 Å². The number of hydrogen-bond acceptors (Lipinski definition) is 4. The summed E-state index contributed by atoms with van der Waals surface area (Å²) in [5.41, 5.74) is 0.282. The highest BCUT2D eigenvalue weighted by Gasteiger charge is 2.67. The zero-order chi connectivity index (χ0) is 31.3. The first kappa shape index (κ1) is 29.7. The average Bonchev–Trinajstić information content (AvgIpc) is 3.61. The van der Waals surface area contributed by atoms with Gasteiger partial charge in [0, 0.05) is 29.3 Å². The Hall–Kier alpha value is -4.35. The summed E-state index contributed by atoms with van der Waals surface area (Å²) >= 11 is 0. The van der Waals surface area contributed by atoms with E-state index in [0.29, 0.717) is 33.3 Å². The zero-order valence-corrected chi connectivity index (χ0v) is 23.7. The normalized spacial score (nSPS) is 18.7. The smallest absolute Gasteiger partial charge is 0.293 e. The molecule has 12 heteroatoms. The molecular formula is C32H28F6N4O2. The van der Waals surface area contributed by atoms with E-state index in [2.05, 4.69) is 15.4 Å². The number of carbonyl (C=O) groups excluding carboxylic acids is 1. The molecule has 0 bridgehead atoms. The monoisotopic (exact) mass is 614 g/mol. The third kappa shape index (κ3) is 5.65. The highest BCUT2D eigenvalue weighted by molar-refractivity contribution is 5.77. The Labute approximate surface area is 249 Å². The second-order valence-corrected chi connectivity index (χ2v) is 11.4. The number of halogens is 6. The van der Waals surface area contributed by atoms with Gasteiger partial charge in [0.25, 0.3) is 12.3 Å². The minimum Gasteiger partial charge on any atom is -0.491 e. The highest BCUT2D eigenvalue weighted by Crippen LogP contribution is 2.68. The molecule has 3 atom stereocenters. The van der Waals surface area contributed by atoms with Crippen molar-refractivity contribution in [2.75, 3.05) is 0 Å². The first-order chi connectivity index (χ1) is 20.9. The zero-order valence-electron chi connectivity index (χ0n) is 23.7. The molecule has 2 aliphatic carbocycles. The molecule has 0 saturated heterocycles. The van der Waals surface area contributed by atoms with Crippen LogP contribution >= 0.6 is 0 Å². The Morgan fingerprint density at radius 2 is 1.77 bits per heavy atom. The van der Waals surface area contributed by atoms with Gasteiger partial charge in [-0.3, -0.25) is 14.5 Å². The van der Waals surface area contributed by atoms with Crippen molar-refractivity contribution in [2.45, 2.75) is 63.6 Å². The molecule has 0 spiro atoms. The fourth-order valence-corrected chi connectivity index (χ4v) is 6.06. The van der Waals surface area contributed by atoms with E-state index in [1.807, 2.05) is 13.8 Å². The van der Waals surface area contributed by atoms with Crippen LogP contribution in [0, 0.1) is 17.6 Å². The van der Waals surface area contributed by atoms with Crippen LogP contribution in [0.1, 0.15) is 66.9 Å². The van der Waals surface area contributed by atoms with Crippen LogP contribution in [0.2, 0.25) is 0 Å². The van der Waals surface area contributed by atoms with Crippen molar-refractivity contribution in [1.29, 1.82) is 0 Å². The molecule has 2 aliphatic rings. The number of fused-ring (bicyclic) bond motifs is 3. The number of aromatic nitrogens is 3. The van der Waals surface area contributed by atoms with Crippen LogP contribution in [0.25, 0.3) is 11.1 Å². The molecule has 1 unspecified atom stereocenters. The lowest BCUT2D eigenvalue weighted by Crippen LogP contribution is -2.35. The molecule has 6 rings (SSSR count). The van der Waals surface area contributed by atoms with Crippen molar-refractivity contribution in [3.05, 3.63) is 101 Å². The highest BCUT2D eigenvalue weighted by atomic mass is 19.3. The molecule has 0 radical (unpaired) electrons. The van der Waals surface area contributed by atoms with Gasteiger partial charge < -0.3 is 10.1 Å². The van der Waals surface area contributed by atoms with Crippen molar-refractivity contribution in [2.24, 2.45) is 5.92 Å². The SMILES string of the molecule is CC(C)Oc1ccc(-c2cccnc2[C@H](Cc2cc(F)cc(F)c2)NC(=O)Cn2nc(C(F)F)c3c2C(F)(F)C2C[C@@H]32)cc1. The number of ether oxygens (including phenoxy) is 1. The lowest BCUT2D eigenvalue weighted by atomic mass is 9.95. The molecule has 1 amide bonds. The van der Waals surface area contributed by atoms with E-state index in [-0.39, 0.29) is 30.1 Å². The van der Waals surface area contributed by atoms with Gasteiger partial charge >= 0.3 is 0 Å². The summed E-state index contributed by atoms with van der Waals surface area (Å²) < 4.78 is 92.2. The van der Waals surface area contributed by atoms with Crippen molar-refractivity contribution in [3.63, 3.8) is 0 Å². The Kier molecular flexibility index (Phi) is 7.63. The lowest BCUT2D eigenvalue weighted by molar-refractivity contribution is -0.123. The van der Waals surface area contributed by atoms with Crippen molar-refractivity contribution in [3.8, 4) is 16.9 Å². The van der Waals surface area contributed by atoms with Gasteiger partial charge in [-0.1, -0.05) is 18.2 Å². The van der Waals surface area contributed by atoms with Crippen LogP contribution in [0.15, 0.2) is 60.8 Å². The van der Waals surface area contributed by atoms with Crippen LogP contribution in [0.5, 0.6) is 5.75 Å². The van der Waals surface area contributed by atoms with Gasteiger partial charge in [-0.2, -0.15) is 13.9 Å². The van der Waals surface area contributed by atoms with E-state index in [1.54, 1.807) is 36.4 Å². The van der Waals surface area contributed by atoms with Gasteiger partial charge in [0.2, 0.25) is 5.91 Å². The molecule has 230 valence electrons. The second kappa shape index (κ2) is 11.3. The van der Waals surface area contributed by atoms with Gasteiger partial charge in [-0.25, -0.2) is 17.6 Å².